The van der Waals surface area contributed by atoms with Gasteiger partial charge in [-0.2, -0.15) is 0 Å². The lowest BCUT2D eigenvalue weighted by atomic mass is 10.0. The maximum Gasteiger partial charge on any atom is 0.242 e. The van der Waals surface area contributed by atoms with E-state index >= 15 is 0 Å². The minimum atomic E-state index is -3.85. The molecule has 0 aliphatic heterocycles. The molecule has 0 fully saturated rings. The van der Waals surface area contributed by atoms with Crippen molar-refractivity contribution in [2.75, 3.05) is 11.1 Å². The number of nitrogens with two attached hydrogens (primary N) is 3. The van der Waals surface area contributed by atoms with Gasteiger partial charge in [0.15, 0.2) is 0 Å². The van der Waals surface area contributed by atoms with Gasteiger partial charge in [0, 0.05) is 5.69 Å². The molecular formula is C10H16N4O3S. The van der Waals surface area contributed by atoms with Gasteiger partial charge in [-0.15, -0.1) is 0 Å². The molecule has 1 amide bonds. The summed E-state index contributed by atoms with van der Waals surface area (Å²) in [4.78, 5) is 11.0. The molecule has 1 aromatic carbocycles. The zero-order chi connectivity index (χ0) is 14.1. The molecule has 0 radical (unpaired) electrons. The molecule has 0 saturated heterocycles. The van der Waals surface area contributed by atoms with E-state index in [2.05, 4.69) is 5.32 Å². The normalized spacial score (nSPS) is 12.2. The molecule has 8 heteroatoms. The SMILES string of the molecule is CC(C)(Nc1ccc(S(N)(=O)=O)c(N)c1)C(N)=O. The predicted octanol–water partition coefficient (Wildman–Crippen LogP) is -0.408. The lowest BCUT2D eigenvalue weighted by Gasteiger charge is -2.24. The fourth-order valence-electron chi connectivity index (χ4n) is 1.31. The van der Waals surface area contributed by atoms with E-state index in [0.29, 0.717) is 5.69 Å². The second kappa shape index (κ2) is 4.46. The number of nitrogens with one attached hydrogen (secondary N) is 1. The van der Waals surface area contributed by atoms with Crippen molar-refractivity contribution in [3.8, 4) is 0 Å². The zero-order valence-corrected chi connectivity index (χ0v) is 10.9. The monoisotopic (exact) mass is 272 g/mol. The Morgan fingerprint density at radius 1 is 1.33 bits per heavy atom. The first-order valence-electron chi connectivity index (χ1n) is 5.04. The fourth-order valence-corrected chi connectivity index (χ4v) is 1.95. The Hall–Kier alpha value is -1.80. The number of hydrogen-bond acceptors (Lipinski definition) is 5. The highest BCUT2D eigenvalue weighted by Gasteiger charge is 2.24. The maximum atomic E-state index is 11.2. The minimum absolute atomic E-state index is 0.00257. The van der Waals surface area contributed by atoms with Crippen LogP contribution in [0.2, 0.25) is 0 Å². The van der Waals surface area contributed by atoms with E-state index in [9.17, 15) is 13.2 Å². The van der Waals surface area contributed by atoms with Gasteiger partial charge in [0.2, 0.25) is 15.9 Å². The Morgan fingerprint density at radius 3 is 2.28 bits per heavy atom. The van der Waals surface area contributed by atoms with Crippen LogP contribution in [0.1, 0.15) is 13.8 Å². The highest BCUT2D eigenvalue weighted by atomic mass is 32.2. The van der Waals surface area contributed by atoms with Crippen molar-refractivity contribution in [2.24, 2.45) is 10.9 Å². The van der Waals surface area contributed by atoms with Crippen molar-refractivity contribution < 1.29 is 13.2 Å². The number of nitrogen functional groups attached to an aromatic ring is 1. The van der Waals surface area contributed by atoms with Gasteiger partial charge < -0.3 is 16.8 Å². The molecule has 0 aliphatic carbocycles. The van der Waals surface area contributed by atoms with Crippen LogP contribution in [-0.4, -0.2) is 19.9 Å². The topological polar surface area (TPSA) is 141 Å². The molecule has 7 nitrogen and oxygen atoms in total. The molecule has 100 valence electrons. The highest BCUT2D eigenvalue weighted by molar-refractivity contribution is 7.89. The largest absolute Gasteiger partial charge is 0.398 e. The van der Waals surface area contributed by atoms with Gasteiger partial charge in [0.05, 0.1) is 5.69 Å². The Balaban J connectivity index is 3.11. The van der Waals surface area contributed by atoms with Crippen LogP contribution in [0.5, 0.6) is 0 Å². The number of primary sulfonamides is 1. The minimum Gasteiger partial charge on any atom is -0.398 e. The first-order valence-corrected chi connectivity index (χ1v) is 6.59. The van der Waals surface area contributed by atoms with Crippen molar-refractivity contribution in [1.29, 1.82) is 0 Å². The average Bonchev–Trinajstić information content (AvgIpc) is 2.14. The molecule has 7 N–H and O–H groups in total. The third kappa shape index (κ3) is 3.11. The first kappa shape index (κ1) is 14.3. The van der Waals surface area contributed by atoms with Gasteiger partial charge in [-0.3, -0.25) is 4.79 Å². The second-order valence-corrected chi connectivity index (χ2v) is 5.94. The lowest BCUT2D eigenvalue weighted by Crippen LogP contribution is -2.45. The molecule has 0 aromatic heterocycles. The van der Waals surface area contributed by atoms with Gasteiger partial charge in [-0.05, 0) is 32.0 Å². The maximum absolute atomic E-state index is 11.2. The van der Waals surface area contributed by atoms with Gasteiger partial charge in [0.25, 0.3) is 0 Å². The number of anilines is 2. The van der Waals surface area contributed by atoms with E-state index in [-0.39, 0.29) is 10.6 Å². The van der Waals surface area contributed by atoms with Crippen LogP contribution < -0.4 is 21.9 Å². The fraction of sp³-hybridized carbons (Fsp3) is 0.300. The standard InChI is InChI=1S/C10H16N4O3S/c1-10(2,9(12)15)14-6-3-4-8(7(11)5-6)18(13,16)17/h3-5,14H,11H2,1-2H3,(H2,12,15)(H2,13,16,17). The molecule has 0 aliphatic rings. The van der Waals surface area contributed by atoms with Gasteiger partial charge in [-0.1, -0.05) is 0 Å². The molecule has 0 spiro atoms. The summed E-state index contributed by atoms with van der Waals surface area (Å²) in [5, 5.41) is 7.83. The number of sulfonamides is 1. The molecule has 0 atom stereocenters. The van der Waals surface area contributed by atoms with Crippen molar-refractivity contribution in [1.82, 2.24) is 0 Å². The summed E-state index contributed by atoms with van der Waals surface area (Å²) in [6.45, 7) is 3.19. The molecule has 0 unspecified atom stereocenters. The third-order valence-electron chi connectivity index (χ3n) is 2.39. The molecule has 1 rings (SSSR count). The van der Waals surface area contributed by atoms with Gasteiger partial charge in [-0.25, -0.2) is 13.6 Å². The van der Waals surface area contributed by atoms with Crippen LogP contribution in [0, 0.1) is 0 Å². The molecule has 0 saturated carbocycles. The molecule has 18 heavy (non-hydrogen) atoms. The number of primary amides is 1. The van der Waals surface area contributed by atoms with Crippen LogP contribution in [0.25, 0.3) is 0 Å². The van der Waals surface area contributed by atoms with Crippen LogP contribution in [0.4, 0.5) is 11.4 Å². The van der Waals surface area contributed by atoms with Crippen molar-refractivity contribution in [3.05, 3.63) is 18.2 Å². The van der Waals surface area contributed by atoms with Gasteiger partial charge >= 0.3 is 0 Å². The van der Waals surface area contributed by atoms with Gasteiger partial charge in [0.1, 0.15) is 10.4 Å². The molecule has 0 bridgehead atoms. The quantitative estimate of drug-likeness (QED) is 0.551. The molecule has 0 heterocycles. The number of hydrogen-bond donors (Lipinski definition) is 4. The van der Waals surface area contributed by atoms with E-state index < -0.39 is 21.5 Å². The van der Waals surface area contributed by atoms with Crippen molar-refractivity contribution in [2.45, 2.75) is 24.3 Å². The van der Waals surface area contributed by atoms with Crippen LogP contribution >= 0.6 is 0 Å². The van der Waals surface area contributed by atoms with E-state index in [0.717, 1.165) is 0 Å². The summed E-state index contributed by atoms with van der Waals surface area (Å²) in [7, 11) is -3.85. The average molecular weight is 272 g/mol. The van der Waals surface area contributed by atoms with Crippen LogP contribution in [0.3, 0.4) is 0 Å². The van der Waals surface area contributed by atoms with E-state index in [1.807, 2.05) is 0 Å². The summed E-state index contributed by atoms with van der Waals surface area (Å²) in [5.41, 5.74) is 10.3. The number of carbonyl (C=O) groups excluding carboxylic acids is 1. The van der Waals surface area contributed by atoms with Crippen molar-refractivity contribution >= 4 is 27.3 Å². The smallest absolute Gasteiger partial charge is 0.242 e. The summed E-state index contributed by atoms with van der Waals surface area (Å²) in [6, 6.07) is 4.11. The van der Waals surface area contributed by atoms with Crippen LogP contribution in [0.15, 0.2) is 23.1 Å². The van der Waals surface area contributed by atoms with Crippen molar-refractivity contribution in [3.63, 3.8) is 0 Å². The van der Waals surface area contributed by atoms with E-state index in [4.69, 9.17) is 16.6 Å². The molecule has 1 aromatic rings. The second-order valence-electron chi connectivity index (χ2n) is 4.41. The number of carbonyl (C=O) groups is 1. The number of rotatable bonds is 4. The Morgan fingerprint density at radius 2 is 1.89 bits per heavy atom. The van der Waals surface area contributed by atoms with Crippen LogP contribution in [-0.2, 0) is 14.8 Å². The summed E-state index contributed by atoms with van der Waals surface area (Å²) < 4.78 is 22.3. The lowest BCUT2D eigenvalue weighted by molar-refractivity contribution is -0.121. The Bertz CT molecular complexity index is 581. The summed E-state index contributed by atoms with van der Waals surface area (Å²) in [5.74, 6) is -0.545. The number of amides is 1. The number of benzene rings is 1. The van der Waals surface area contributed by atoms with E-state index in [1.165, 1.54) is 18.2 Å². The zero-order valence-electron chi connectivity index (χ0n) is 10.1. The molecular weight excluding hydrogens is 256 g/mol. The third-order valence-corrected chi connectivity index (χ3v) is 3.37. The highest BCUT2D eigenvalue weighted by Crippen LogP contribution is 2.23. The summed E-state index contributed by atoms with van der Waals surface area (Å²) >= 11 is 0. The predicted molar refractivity (Wildman–Crippen MR) is 69.1 cm³/mol. The first-order chi connectivity index (χ1) is 8.04. The Kier molecular flexibility index (Phi) is 3.54. The summed E-state index contributed by atoms with van der Waals surface area (Å²) in [6.07, 6.45) is 0. The Labute approximate surface area is 105 Å². The van der Waals surface area contributed by atoms with E-state index in [1.54, 1.807) is 13.8 Å².